The van der Waals surface area contributed by atoms with Gasteiger partial charge >= 0.3 is 5.97 Å². The summed E-state index contributed by atoms with van der Waals surface area (Å²) in [6.45, 7) is 3.10. The largest absolute Gasteiger partial charge is 0.481 e. The molecule has 2 aliphatic rings. The Kier molecular flexibility index (Phi) is 6.41. The van der Waals surface area contributed by atoms with Crippen LogP contribution in [0.15, 0.2) is 63.4 Å². The fourth-order valence-corrected chi connectivity index (χ4v) is 5.10. The number of thioether (sulfide) groups is 2. The minimum atomic E-state index is -0.949. The molecule has 0 bridgehead atoms. The lowest BCUT2D eigenvalue weighted by Crippen LogP contribution is -2.30. The molecule has 0 aliphatic carbocycles. The van der Waals surface area contributed by atoms with Crippen molar-refractivity contribution < 1.29 is 14.7 Å². The first-order valence-electron chi connectivity index (χ1n) is 8.39. The highest BCUT2D eigenvalue weighted by Crippen LogP contribution is 2.45. The number of rotatable bonds is 6. The van der Waals surface area contributed by atoms with E-state index in [1.807, 2.05) is 30.4 Å². The first-order chi connectivity index (χ1) is 13.0. The number of nitrogens with zero attached hydrogens (tertiary/aromatic N) is 2. The van der Waals surface area contributed by atoms with E-state index < -0.39 is 5.97 Å². The minimum Gasteiger partial charge on any atom is -0.481 e. The van der Waals surface area contributed by atoms with Crippen LogP contribution in [0.4, 0.5) is 5.69 Å². The third-order valence-corrected chi connectivity index (χ3v) is 6.50. The molecule has 0 unspecified atom stereocenters. The minimum absolute atomic E-state index is 0.103. The Hall–Kier alpha value is -2.03. The Bertz CT molecular complexity index is 877. The molecule has 1 aromatic rings. The summed E-state index contributed by atoms with van der Waals surface area (Å²) in [6, 6.07) is 8.28. The van der Waals surface area contributed by atoms with Crippen LogP contribution in [0.2, 0.25) is 0 Å². The number of fused-ring (bicyclic) bond motifs is 1. The van der Waals surface area contributed by atoms with Gasteiger partial charge in [0.05, 0.1) is 22.0 Å². The maximum Gasteiger partial charge on any atom is 0.305 e. The summed E-state index contributed by atoms with van der Waals surface area (Å²) >= 11 is 8.09. The van der Waals surface area contributed by atoms with Crippen molar-refractivity contribution >= 4 is 57.6 Å². The van der Waals surface area contributed by atoms with E-state index in [0.29, 0.717) is 9.23 Å². The van der Waals surface area contributed by atoms with Crippen LogP contribution in [-0.2, 0) is 9.59 Å². The Morgan fingerprint density at radius 2 is 1.93 bits per heavy atom. The average Bonchev–Trinajstić information content (AvgIpc) is 3.13. The molecule has 1 amide bonds. The third-order valence-electron chi connectivity index (χ3n) is 3.97. The predicted molar refractivity (Wildman–Crippen MR) is 115 cm³/mol. The number of allylic oxidation sites excluding steroid dienone is 4. The van der Waals surface area contributed by atoms with Crippen molar-refractivity contribution in [2.24, 2.45) is 0 Å². The molecule has 1 aromatic carbocycles. The van der Waals surface area contributed by atoms with Gasteiger partial charge in [0.2, 0.25) is 0 Å². The summed E-state index contributed by atoms with van der Waals surface area (Å²) in [5, 5.41) is 9.91. The van der Waals surface area contributed by atoms with Gasteiger partial charge in [-0.05, 0) is 31.2 Å². The molecule has 0 atom stereocenters. The molecule has 0 spiro atoms. The number of para-hydroxylation sites is 1. The molecular formula is C19H18N2O3S3. The summed E-state index contributed by atoms with van der Waals surface area (Å²) in [5.74, 6) is -1.18. The lowest BCUT2D eigenvalue weighted by Gasteiger charge is -2.17. The van der Waals surface area contributed by atoms with E-state index in [1.165, 1.54) is 27.2 Å². The monoisotopic (exact) mass is 418 g/mol. The zero-order chi connectivity index (χ0) is 19.4. The van der Waals surface area contributed by atoms with Crippen molar-refractivity contribution in [2.75, 3.05) is 18.0 Å². The molecule has 1 saturated heterocycles. The van der Waals surface area contributed by atoms with E-state index in [9.17, 15) is 9.59 Å². The average molecular weight is 419 g/mol. The van der Waals surface area contributed by atoms with Crippen LogP contribution in [0, 0.1) is 0 Å². The number of carboxylic acids is 1. The summed E-state index contributed by atoms with van der Waals surface area (Å²) in [7, 11) is 0. The molecule has 0 radical (unpaired) electrons. The van der Waals surface area contributed by atoms with Crippen LogP contribution in [0.1, 0.15) is 13.3 Å². The number of thiocarbonyl (C=S) groups is 1. The fraction of sp³-hybridized carbons (Fsp3) is 0.211. The number of anilines is 1. The Balaban J connectivity index is 1.67. The Morgan fingerprint density at radius 3 is 2.67 bits per heavy atom. The van der Waals surface area contributed by atoms with Gasteiger partial charge in [0.1, 0.15) is 4.32 Å². The van der Waals surface area contributed by atoms with Crippen LogP contribution < -0.4 is 4.90 Å². The molecule has 27 heavy (non-hydrogen) atoms. The van der Waals surface area contributed by atoms with Gasteiger partial charge in [-0.3, -0.25) is 14.5 Å². The Morgan fingerprint density at radius 1 is 1.19 bits per heavy atom. The maximum atomic E-state index is 12.3. The predicted octanol–water partition coefficient (Wildman–Crippen LogP) is 4.24. The molecule has 5 nitrogen and oxygen atoms in total. The van der Waals surface area contributed by atoms with Crippen molar-refractivity contribution in [1.82, 2.24) is 4.90 Å². The molecular weight excluding hydrogens is 400 g/mol. The van der Waals surface area contributed by atoms with E-state index in [4.69, 9.17) is 17.3 Å². The van der Waals surface area contributed by atoms with Crippen molar-refractivity contribution in [3.8, 4) is 0 Å². The highest BCUT2D eigenvalue weighted by atomic mass is 32.2. The highest BCUT2D eigenvalue weighted by Gasteiger charge is 2.31. The van der Waals surface area contributed by atoms with E-state index in [-0.39, 0.29) is 18.9 Å². The topological polar surface area (TPSA) is 60.9 Å². The number of carboxylic acid groups (broad SMARTS) is 1. The molecule has 1 N–H and O–H groups in total. The van der Waals surface area contributed by atoms with Gasteiger partial charge in [-0.15, -0.1) is 0 Å². The molecule has 0 aromatic heterocycles. The van der Waals surface area contributed by atoms with Crippen molar-refractivity contribution in [3.63, 3.8) is 0 Å². The Labute approximate surface area is 171 Å². The summed E-state index contributed by atoms with van der Waals surface area (Å²) < 4.78 is 0.401. The van der Waals surface area contributed by atoms with Crippen molar-refractivity contribution in [2.45, 2.75) is 18.2 Å². The highest BCUT2D eigenvalue weighted by molar-refractivity contribution is 8.26. The molecule has 2 heterocycles. The molecule has 1 fully saturated rings. The van der Waals surface area contributed by atoms with E-state index in [2.05, 4.69) is 24.0 Å². The summed E-state index contributed by atoms with van der Waals surface area (Å²) in [6.07, 6.45) is 7.34. The van der Waals surface area contributed by atoms with Crippen molar-refractivity contribution in [1.29, 1.82) is 0 Å². The van der Waals surface area contributed by atoms with Gasteiger partial charge in [0.15, 0.2) is 0 Å². The van der Waals surface area contributed by atoms with Crippen LogP contribution in [0.5, 0.6) is 0 Å². The zero-order valence-electron chi connectivity index (χ0n) is 14.6. The van der Waals surface area contributed by atoms with E-state index in [1.54, 1.807) is 17.8 Å². The summed E-state index contributed by atoms with van der Waals surface area (Å²) in [5.41, 5.74) is 1.21. The third kappa shape index (κ3) is 4.45. The molecule has 0 saturated carbocycles. The number of aliphatic carboxylic acids is 1. The van der Waals surface area contributed by atoms with Crippen LogP contribution in [0.3, 0.4) is 0 Å². The lowest BCUT2D eigenvalue weighted by atomic mass is 10.3. The maximum absolute atomic E-state index is 12.3. The quantitative estimate of drug-likeness (QED) is 0.548. The number of hydrogen-bond acceptors (Lipinski definition) is 6. The van der Waals surface area contributed by atoms with Gasteiger partial charge in [0, 0.05) is 18.0 Å². The summed E-state index contributed by atoms with van der Waals surface area (Å²) in [4.78, 5) is 28.3. The van der Waals surface area contributed by atoms with Crippen LogP contribution in [-0.4, -0.2) is 39.3 Å². The van der Waals surface area contributed by atoms with Gasteiger partial charge in [-0.2, -0.15) is 0 Å². The number of hydrogen-bond donors (Lipinski definition) is 1. The number of benzene rings is 1. The fourth-order valence-electron chi connectivity index (χ4n) is 2.70. The standard InChI is InChI=1S/C19H18N2O3S3/c1-2-20-13-7-3-4-8-14(13)26-16(20)10-6-5-9-15-18(24)21(19(25)27-15)12-11-17(22)23/h3-10H,2,11-12H2,1H3,(H,22,23). The molecule has 8 heteroatoms. The van der Waals surface area contributed by atoms with Gasteiger partial charge in [-0.1, -0.05) is 60.0 Å². The lowest BCUT2D eigenvalue weighted by molar-refractivity contribution is -0.137. The molecule has 3 rings (SSSR count). The first kappa shape index (κ1) is 19.7. The number of amides is 1. The smallest absolute Gasteiger partial charge is 0.305 e. The number of carbonyl (C=O) groups excluding carboxylic acids is 1. The van der Waals surface area contributed by atoms with E-state index in [0.717, 1.165) is 11.6 Å². The van der Waals surface area contributed by atoms with E-state index >= 15 is 0 Å². The second-order valence-corrected chi connectivity index (χ2v) is 8.44. The zero-order valence-corrected chi connectivity index (χ0v) is 17.1. The normalized spacial score (nSPS) is 19.7. The number of carbonyl (C=O) groups is 2. The van der Waals surface area contributed by atoms with Crippen molar-refractivity contribution in [3.05, 3.63) is 58.5 Å². The van der Waals surface area contributed by atoms with Gasteiger partial charge < -0.3 is 10.0 Å². The second kappa shape index (κ2) is 8.77. The van der Waals surface area contributed by atoms with Gasteiger partial charge in [0.25, 0.3) is 5.91 Å². The van der Waals surface area contributed by atoms with Gasteiger partial charge in [-0.25, -0.2) is 0 Å². The first-order valence-corrected chi connectivity index (χ1v) is 10.4. The second-order valence-electron chi connectivity index (χ2n) is 5.70. The SMILES string of the molecule is CCN1C(=CC=CC=C2SC(=S)N(CCC(=O)O)C2=O)Sc2ccccc21. The van der Waals surface area contributed by atoms with Crippen LogP contribution >= 0.6 is 35.7 Å². The van der Waals surface area contributed by atoms with Crippen LogP contribution in [0.25, 0.3) is 0 Å². The molecule has 2 aliphatic heterocycles. The molecule has 140 valence electrons.